The maximum absolute atomic E-state index is 6.44. The van der Waals surface area contributed by atoms with Gasteiger partial charge < -0.3 is 0 Å². The third-order valence-electron chi connectivity index (χ3n) is 5.34. The summed E-state index contributed by atoms with van der Waals surface area (Å²) in [5, 5.41) is 5.56. The molecule has 0 heterocycles. The van der Waals surface area contributed by atoms with Gasteiger partial charge in [0, 0.05) is 6.04 Å². The molecule has 0 saturated carbocycles. The molecule has 0 aromatic heterocycles. The van der Waals surface area contributed by atoms with E-state index < -0.39 is 6.04 Å². The van der Waals surface area contributed by atoms with Crippen LogP contribution in [0.5, 0.6) is 0 Å². The highest BCUT2D eigenvalue weighted by Crippen LogP contribution is 2.46. The molecule has 4 aromatic rings. The first-order valence-electron chi connectivity index (χ1n) is 10.4. The van der Waals surface area contributed by atoms with Crippen molar-refractivity contribution in [3.63, 3.8) is 0 Å². The van der Waals surface area contributed by atoms with Crippen LogP contribution in [0.3, 0.4) is 0 Å². The summed E-state index contributed by atoms with van der Waals surface area (Å²) in [5.41, 5.74) is 0. The molecular weight excluding hydrogens is 418 g/mol. The Labute approximate surface area is 186 Å². The molecule has 4 rings (SSSR count). The highest BCUT2D eigenvalue weighted by Gasteiger charge is 2.23. The van der Waals surface area contributed by atoms with E-state index >= 15 is 0 Å². The van der Waals surface area contributed by atoms with Crippen molar-refractivity contribution in [2.75, 3.05) is 12.3 Å². The topological polar surface area (TPSA) is 0 Å². The minimum Gasteiger partial charge on any atom is -0.0876 e. The third-order valence-corrected chi connectivity index (χ3v) is 13.0. The lowest BCUT2D eigenvalue weighted by Crippen LogP contribution is -2.20. The Hall–Kier alpha value is -2.04. The molecule has 0 N–H and O–H groups in total. The standard InChI is InChI=1S/C27H26P2S/c30-29(26-18-9-3-10-19-26,27-20-11-4-12-21-27)23-13-22-28(24-14-5-1-6-15-24)25-16-7-2-8-17-25/h1-12,14-21H,13,22-23H2. The van der Waals surface area contributed by atoms with Crippen LogP contribution in [-0.2, 0) is 11.8 Å². The summed E-state index contributed by atoms with van der Waals surface area (Å²) in [6.45, 7) is 0. The van der Waals surface area contributed by atoms with Gasteiger partial charge in [-0.15, -0.1) is 0 Å². The van der Waals surface area contributed by atoms with Gasteiger partial charge in [0.15, 0.2) is 0 Å². The Morgan fingerprint density at radius 3 is 1.30 bits per heavy atom. The van der Waals surface area contributed by atoms with Crippen LogP contribution in [-0.4, -0.2) is 12.3 Å². The van der Waals surface area contributed by atoms with Crippen molar-refractivity contribution in [3.05, 3.63) is 121 Å². The number of hydrogen-bond acceptors (Lipinski definition) is 1. The summed E-state index contributed by atoms with van der Waals surface area (Å²) in [7, 11) is -0.370. The fraction of sp³-hybridized carbons (Fsp3) is 0.111. The van der Waals surface area contributed by atoms with Crippen LogP contribution < -0.4 is 21.2 Å². The first-order chi connectivity index (χ1) is 14.8. The molecule has 0 saturated heterocycles. The number of rotatable bonds is 8. The quantitative estimate of drug-likeness (QED) is 0.317. The second-order valence-corrected chi connectivity index (χ2v) is 14.5. The normalized spacial score (nSPS) is 11.5. The fourth-order valence-corrected chi connectivity index (χ4v) is 10.3. The molecule has 0 bridgehead atoms. The molecule has 30 heavy (non-hydrogen) atoms. The molecule has 0 radical (unpaired) electrons. The molecule has 0 spiro atoms. The molecule has 0 nitrogen and oxygen atoms in total. The number of benzene rings is 4. The van der Waals surface area contributed by atoms with Crippen LogP contribution in [0.4, 0.5) is 0 Å². The van der Waals surface area contributed by atoms with Crippen molar-refractivity contribution >= 4 is 47.0 Å². The second kappa shape index (κ2) is 10.3. The van der Waals surface area contributed by atoms with Gasteiger partial charge in [0.2, 0.25) is 0 Å². The predicted octanol–water partition coefficient (Wildman–Crippen LogP) is 5.64. The first kappa shape index (κ1) is 21.2. The smallest absolute Gasteiger partial charge is 0.0106 e. The van der Waals surface area contributed by atoms with Crippen molar-refractivity contribution < 1.29 is 0 Å². The fourth-order valence-electron chi connectivity index (χ4n) is 3.82. The third kappa shape index (κ3) is 4.98. The van der Waals surface area contributed by atoms with Gasteiger partial charge in [0.05, 0.1) is 0 Å². The summed E-state index contributed by atoms with van der Waals surface area (Å²) in [6, 6.07) is 41.7. The lowest BCUT2D eigenvalue weighted by molar-refractivity contribution is 1.11. The molecule has 150 valence electrons. The van der Waals surface area contributed by atoms with Crippen LogP contribution in [0.2, 0.25) is 0 Å². The van der Waals surface area contributed by atoms with Crippen LogP contribution in [0.15, 0.2) is 121 Å². The Bertz CT molecular complexity index is 998. The van der Waals surface area contributed by atoms with Crippen molar-refractivity contribution in [1.29, 1.82) is 0 Å². The summed E-state index contributed by atoms with van der Waals surface area (Å²) < 4.78 is 0. The Balaban J connectivity index is 1.60. The first-order valence-corrected chi connectivity index (χ1v) is 14.9. The van der Waals surface area contributed by atoms with Crippen molar-refractivity contribution in [1.82, 2.24) is 0 Å². The van der Waals surface area contributed by atoms with Crippen LogP contribution in [0, 0.1) is 0 Å². The van der Waals surface area contributed by atoms with E-state index in [1.54, 1.807) is 0 Å². The maximum atomic E-state index is 6.44. The lowest BCUT2D eigenvalue weighted by Gasteiger charge is -2.25. The summed E-state index contributed by atoms with van der Waals surface area (Å²) >= 11 is 6.44. The van der Waals surface area contributed by atoms with Gasteiger partial charge in [-0.3, -0.25) is 0 Å². The molecule has 4 aromatic carbocycles. The van der Waals surface area contributed by atoms with Crippen LogP contribution in [0.25, 0.3) is 0 Å². The van der Waals surface area contributed by atoms with E-state index in [-0.39, 0.29) is 7.92 Å². The Kier molecular flexibility index (Phi) is 7.29. The lowest BCUT2D eigenvalue weighted by atomic mass is 10.4. The molecule has 0 atom stereocenters. The average Bonchev–Trinajstić information content (AvgIpc) is 2.84. The molecule has 0 aliphatic heterocycles. The van der Waals surface area contributed by atoms with Gasteiger partial charge in [0.1, 0.15) is 0 Å². The SMILES string of the molecule is S=P(CCCP(c1ccccc1)c1ccccc1)(c1ccccc1)c1ccccc1. The van der Waals surface area contributed by atoms with E-state index in [1.165, 1.54) is 27.4 Å². The largest absolute Gasteiger partial charge is 0.0876 e. The van der Waals surface area contributed by atoms with E-state index in [0.717, 1.165) is 12.6 Å². The Morgan fingerprint density at radius 1 is 0.533 bits per heavy atom. The molecule has 0 fully saturated rings. The molecule has 0 amide bonds. The van der Waals surface area contributed by atoms with Gasteiger partial charge in [-0.05, 0) is 47.9 Å². The predicted molar refractivity (Wildman–Crippen MR) is 140 cm³/mol. The zero-order valence-electron chi connectivity index (χ0n) is 17.0. The minimum atomic E-state index is -1.82. The van der Waals surface area contributed by atoms with Crippen molar-refractivity contribution in [3.8, 4) is 0 Å². The van der Waals surface area contributed by atoms with E-state index in [2.05, 4.69) is 121 Å². The van der Waals surface area contributed by atoms with E-state index in [4.69, 9.17) is 11.8 Å². The van der Waals surface area contributed by atoms with Crippen LogP contribution >= 0.6 is 14.0 Å². The summed E-state index contributed by atoms with van der Waals surface area (Å²) in [4.78, 5) is 0. The van der Waals surface area contributed by atoms with E-state index in [1.807, 2.05) is 0 Å². The van der Waals surface area contributed by atoms with Crippen molar-refractivity contribution in [2.45, 2.75) is 6.42 Å². The second-order valence-electron chi connectivity index (χ2n) is 7.31. The van der Waals surface area contributed by atoms with Gasteiger partial charge in [-0.1, -0.05) is 133 Å². The molecular formula is C27H26P2S. The van der Waals surface area contributed by atoms with E-state index in [0.29, 0.717) is 0 Å². The minimum absolute atomic E-state index is 0.370. The maximum Gasteiger partial charge on any atom is 0.0106 e. The average molecular weight is 445 g/mol. The van der Waals surface area contributed by atoms with Crippen molar-refractivity contribution in [2.24, 2.45) is 0 Å². The molecule has 3 heteroatoms. The molecule has 0 aliphatic carbocycles. The van der Waals surface area contributed by atoms with Crippen LogP contribution in [0.1, 0.15) is 6.42 Å². The van der Waals surface area contributed by atoms with Gasteiger partial charge in [-0.25, -0.2) is 0 Å². The monoisotopic (exact) mass is 444 g/mol. The Morgan fingerprint density at radius 2 is 0.900 bits per heavy atom. The van der Waals surface area contributed by atoms with Gasteiger partial charge in [-0.2, -0.15) is 0 Å². The summed E-state index contributed by atoms with van der Waals surface area (Å²) in [6.07, 6.45) is 3.37. The van der Waals surface area contributed by atoms with Gasteiger partial charge >= 0.3 is 0 Å². The number of hydrogen-bond donors (Lipinski definition) is 0. The highest BCUT2D eigenvalue weighted by atomic mass is 32.4. The zero-order chi connectivity index (χ0) is 20.7. The molecule has 0 unspecified atom stereocenters. The molecule has 0 aliphatic rings. The highest BCUT2D eigenvalue weighted by molar-refractivity contribution is 8.21. The summed E-state index contributed by atoms with van der Waals surface area (Å²) in [5.74, 6) is 0. The zero-order valence-corrected chi connectivity index (χ0v) is 19.6. The van der Waals surface area contributed by atoms with E-state index in [9.17, 15) is 0 Å². The van der Waals surface area contributed by atoms with Gasteiger partial charge in [0.25, 0.3) is 0 Å².